The molecule has 3 rings (SSSR count). The molecule has 0 saturated carbocycles. The van der Waals surface area contributed by atoms with Gasteiger partial charge < -0.3 is 0 Å². The van der Waals surface area contributed by atoms with Crippen LogP contribution in [-0.2, 0) is 0 Å². The van der Waals surface area contributed by atoms with E-state index in [1.807, 2.05) is 12.1 Å². The summed E-state index contributed by atoms with van der Waals surface area (Å²) in [6.45, 7) is 7.21. The molecule has 0 unspecified atom stereocenters. The second-order valence-electron chi connectivity index (χ2n) is 5.54. The normalized spacial score (nSPS) is 11.2. The molecule has 3 aromatic rings. The molecule has 2 aromatic carbocycles. The van der Waals surface area contributed by atoms with E-state index in [1.165, 1.54) is 29.7 Å². The standard InChI is InChI=1S/C18H16O2S/c1-9-5-15-16-7-13(11(3)19)14(12(4)20)8-18(16)21-17(15)6-10(9)2/h5-8H,1-4H3. The molecule has 2 nitrogen and oxygen atoms in total. The molecule has 0 radical (unpaired) electrons. The molecule has 0 fully saturated rings. The number of ketones is 2. The van der Waals surface area contributed by atoms with Crippen molar-refractivity contribution in [1.29, 1.82) is 0 Å². The molecule has 0 amide bonds. The van der Waals surface area contributed by atoms with E-state index in [2.05, 4.69) is 26.0 Å². The van der Waals surface area contributed by atoms with Gasteiger partial charge in [0.15, 0.2) is 11.6 Å². The topological polar surface area (TPSA) is 34.1 Å². The lowest BCUT2D eigenvalue weighted by atomic mass is 9.97. The summed E-state index contributed by atoms with van der Waals surface area (Å²) in [4.78, 5) is 23.6. The van der Waals surface area contributed by atoms with Crippen LogP contribution in [-0.4, -0.2) is 11.6 Å². The summed E-state index contributed by atoms with van der Waals surface area (Å²) in [6, 6.07) is 8.09. The van der Waals surface area contributed by atoms with Crippen LogP contribution in [0.4, 0.5) is 0 Å². The minimum Gasteiger partial charge on any atom is -0.294 e. The zero-order chi connectivity index (χ0) is 15.3. The zero-order valence-corrected chi connectivity index (χ0v) is 13.4. The second kappa shape index (κ2) is 4.78. The number of carbonyl (C=O) groups is 2. The monoisotopic (exact) mass is 296 g/mol. The van der Waals surface area contributed by atoms with Gasteiger partial charge in [0, 0.05) is 31.3 Å². The summed E-state index contributed by atoms with van der Waals surface area (Å²) in [5, 5.41) is 2.23. The maximum Gasteiger partial charge on any atom is 0.160 e. The van der Waals surface area contributed by atoms with Crippen molar-refractivity contribution in [3.63, 3.8) is 0 Å². The van der Waals surface area contributed by atoms with Gasteiger partial charge in [0.25, 0.3) is 0 Å². The summed E-state index contributed by atoms with van der Waals surface area (Å²) in [5.74, 6) is -0.128. The third-order valence-corrected chi connectivity index (χ3v) is 5.10. The molecule has 0 N–H and O–H groups in total. The van der Waals surface area contributed by atoms with Gasteiger partial charge in [-0.15, -0.1) is 11.3 Å². The Morgan fingerprint density at radius 2 is 1.24 bits per heavy atom. The number of carbonyl (C=O) groups excluding carboxylic acids is 2. The molecular weight excluding hydrogens is 280 g/mol. The van der Waals surface area contributed by atoms with Gasteiger partial charge in [-0.1, -0.05) is 0 Å². The van der Waals surface area contributed by atoms with E-state index in [-0.39, 0.29) is 11.6 Å². The van der Waals surface area contributed by atoms with Crippen LogP contribution in [0.25, 0.3) is 20.2 Å². The lowest BCUT2D eigenvalue weighted by Crippen LogP contribution is -2.03. The molecule has 106 valence electrons. The van der Waals surface area contributed by atoms with Crippen molar-refractivity contribution in [3.8, 4) is 0 Å². The number of aryl methyl sites for hydroxylation is 2. The highest BCUT2D eigenvalue weighted by molar-refractivity contribution is 7.25. The Bertz CT molecular complexity index is 916. The van der Waals surface area contributed by atoms with Gasteiger partial charge in [0.05, 0.1) is 0 Å². The molecule has 0 aliphatic rings. The van der Waals surface area contributed by atoms with Crippen LogP contribution in [0.3, 0.4) is 0 Å². The molecular formula is C18H16O2S. The van der Waals surface area contributed by atoms with Gasteiger partial charge in [0.1, 0.15) is 0 Å². The molecule has 0 aliphatic heterocycles. The number of hydrogen-bond acceptors (Lipinski definition) is 3. The number of rotatable bonds is 2. The molecule has 1 aromatic heterocycles. The first-order valence-corrected chi connectivity index (χ1v) is 7.69. The van der Waals surface area contributed by atoms with Crippen LogP contribution in [0.1, 0.15) is 45.7 Å². The first-order valence-electron chi connectivity index (χ1n) is 6.88. The summed E-state index contributed by atoms with van der Waals surface area (Å²) < 4.78 is 2.26. The van der Waals surface area contributed by atoms with E-state index in [9.17, 15) is 9.59 Å². The molecule has 21 heavy (non-hydrogen) atoms. The van der Waals surface area contributed by atoms with Gasteiger partial charge in [-0.05, 0) is 63.1 Å². The predicted molar refractivity (Wildman–Crippen MR) is 88.8 cm³/mol. The summed E-state index contributed by atoms with van der Waals surface area (Å²) in [5.41, 5.74) is 3.54. The number of fused-ring (bicyclic) bond motifs is 3. The molecule has 0 spiro atoms. The highest BCUT2D eigenvalue weighted by atomic mass is 32.1. The Kier molecular flexibility index (Phi) is 3.18. The number of thiophene rings is 1. The fourth-order valence-corrected chi connectivity index (χ4v) is 3.87. The maximum absolute atomic E-state index is 11.8. The van der Waals surface area contributed by atoms with Gasteiger partial charge in [-0.25, -0.2) is 0 Å². The lowest BCUT2D eigenvalue weighted by molar-refractivity contribution is 0.0981. The second-order valence-corrected chi connectivity index (χ2v) is 6.62. The minimum atomic E-state index is -0.0646. The molecule has 1 heterocycles. The van der Waals surface area contributed by atoms with Crippen molar-refractivity contribution in [1.82, 2.24) is 0 Å². The summed E-state index contributed by atoms with van der Waals surface area (Å²) in [7, 11) is 0. The van der Waals surface area contributed by atoms with Crippen LogP contribution < -0.4 is 0 Å². The third kappa shape index (κ3) is 2.18. The van der Waals surface area contributed by atoms with Crippen LogP contribution >= 0.6 is 11.3 Å². The Morgan fingerprint density at radius 3 is 1.86 bits per heavy atom. The molecule has 0 saturated heterocycles. The fourth-order valence-electron chi connectivity index (χ4n) is 2.66. The highest BCUT2D eigenvalue weighted by Gasteiger charge is 2.16. The van der Waals surface area contributed by atoms with Crippen molar-refractivity contribution >= 4 is 43.1 Å². The average molecular weight is 296 g/mol. The molecule has 0 aliphatic carbocycles. The van der Waals surface area contributed by atoms with Crippen molar-refractivity contribution < 1.29 is 9.59 Å². The van der Waals surface area contributed by atoms with Crippen LogP contribution in [0, 0.1) is 13.8 Å². The molecule has 0 atom stereocenters. The van der Waals surface area contributed by atoms with E-state index in [4.69, 9.17) is 0 Å². The smallest absolute Gasteiger partial charge is 0.160 e. The van der Waals surface area contributed by atoms with E-state index >= 15 is 0 Å². The largest absolute Gasteiger partial charge is 0.294 e. The van der Waals surface area contributed by atoms with Gasteiger partial charge in [0.2, 0.25) is 0 Å². The summed E-state index contributed by atoms with van der Waals surface area (Å²) >= 11 is 1.67. The Morgan fingerprint density at radius 1 is 0.762 bits per heavy atom. The van der Waals surface area contributed by atoms with Gasteiger partial charge >= 0.3 is 0 Å². The van der Waals surface area contributed by atoms with Crippen molar-refractivity contribution in [2.45, 2.75) is 27.7 Å². The SMILES string of the molecule is CC(=O)c1cc2sc3cc(C)c(C)cc3c2cc1C(C)=O. The van der Waals surface area contributed by atoms with E-state index < -0.39 is 0 Å². The summed E-state index contributed by atoms with van der Waals surface area (Å²) in [6.07, 6.45) is 0. The molecule has 0 bridgehead atoms. The number of Topliss-reactive ketones (excluding diaryl/α,β-unsaturated/α-hetero) is 2. The third-order valence-electron chi connectivity index (χ3n) is 3.98. The Balaban J connectivity index is 2.46. The quantitative estimate of drug-likeness (QED) is 0.618. The number of benzene rings is 2. The van der Waals surface area contributed by atoms with E-state index in [0.29, 0.717) is 11.1 Å². The Hall–Kier alpha value is -2.00. The van der Waals surface area contributed by atoms with E-state index in [0.717, 1.165) is 15.5 Å². The first kappa shape index (κ1) is 14.0. The maximum atomic E-state index is 11.8. The number of hydrogen-bond donors (Lipinski definition) is 0. The lowest BCUT2D eigenvalue weighted by Gasteiger charge is -2.04. The van der Waals surface area contributed by atoms with E-state index in [1.54, 1.807) is 11.3 Å². The van der Waals surface area contributed by atoms with Gasteiger partial charge in [-0.2, -0.15) is 0 Å². The van der Waals surface area contributed by atoms with Crippen LogP contribution in [0.5, 0.6) is 0 Å². The molecule has 3 heteroatoms. The fraction of sp³-hybridized carbons (Fsp3) is 0.222. The van der Waals surface area contributed by atoms with Crippen molar-refractivity contribution in [2.24, 2.45) is 0 Å². The minimum absolute atomic E-state index is 0.0630. The van der Waals surface area contributed by atoms with Crippen molar-refractivity contribution in [3.05, 3.63) is 46.5 Å². The first-order chi connectivity index (χ1) is 9.88. The Labute approximate surface area is 127 Å². The predicted octanol–water partition coefficient (Wildman–Crippen LogP) is 5.08. The average Bonchev–Trinajstić information content (AvgIpc) is 2.74. The van der Waals surface area contributed by atoms with Crippen LogP contribution in [0.2, 0.25) is 0 Å². The highest BCUT2D eigenvalue weighted by Crippen LogP contribution is 2.37. The van der Waals surface area contributed by atoms with Crippen molar-refractivity contribution in [2.75, 3.05) is 0 Å². The van der Waals surface area contributed by atoms with Crippen LogP contribution in [0.15, 0.2) is 24.3 Å². The van der Waals surface area contributed by atoms with Gasteiger partial charge in [-0.3, -0.25) is 9.59 Å². The zero-order valence-electron chi connectivity index (χ0n) is 12.5.